The van der Waals surface area contributed by atoms with Crippen LogP contribution in [0.25, 0.3) is 11.0 Å². The van der Waals surface area contributed by atoms with Gasteiger partial charge in [-0.3, -0.25) is 0 Å². The van der Waals surface area contributed by atoms with Crippen LogP contribution in [0.1, 0.15) is 22.9 Å². The van der Waals surface area contributed by atoms with Crippen LogP contribution in [0.5, 0.6) is 0 Å². The van der Waals surface area contributed by atoms with E-state index in [0.717, 1.165) is 30.9 Å². The van der Waals surface area contributed by atoms with Gasteiger partial charge in [0.15, 0.2) is 0 Å². The van der Waals surface area contributed by atoms with Crippen molar-refractivity contribution in [3.05, 3.63) is 47.7 Å². The molecule has 3 nitrogen and oxygen atoms in total. The largest absolute Gasteiger partial charge is 0.459 e. The van der Waals surface area contributed by atoms with Gasteiger partial charge in [0.1, 0.15) is 11.3 Å². The maximum absolute atomic E-state index is 6.02. The molecule has 1 aromatic carbocycles. The van der Waals surface area contributed by atoms with Crippen molar-refractivity contribution in [2.75, 3.05) is 6.54 Å². The predicted octanol–water partition coefficient (Wildman–Crippen LogP) is 2.26. The van der Waals surface area contributed by atoms with Crippen LogP contribution < -0.4 is 11.1 Å². The summed E-state index contributed by atoms with van der Waals surface area (Å²) in [5.41, 5.74) is 9.49. The van der Waals surface area contributed by atoms with Gasteiger partial charge in [0.05, 0.1) is 6.04 Å². The Balaban J connectivity index is 2.31. The molecule has 1 unspecified atom stereocenters. The highest BCUT2D eigenvalue weighted by atomic mass is 16.3. The molecule has 0 radical (unpaired) electrons. The van der Waals surface area contributed by atoms with Crippen molar-refractivity contribution >= 4 is 11.0 Å². The summed E-state index contributed by atoms with van der Waals surface area (Å²) in [7, 11) is 0. The quantitative estimate of drug-likeness (QED) is 0.775. The van der Waals surface area contributed by atoms with Crippen LogP contribution in [0.15, 0.2) is 35.3 Å². The van der Waals surface area contributed by atoms with E-state index < -0.39 is 0 Å². The number of nitrogens with two attached hydrogens (primary N) is 1. The van der Waals surface area contributed by atoms with Crippen molar-refractivity contribution < 1.29 is 4.42 Å². The zero-order chi connectivity index (χ0) is 11.8. The van der Waals surface area contributed by atoms with Gasteiger partial charge < -0.3 is 15.5 Å². The average Bonchev–Trinajstić information content (AvgIpc) is 2.58. The van der Waals surface area contributed by atoms with Crippen molar-refractivity contribution in [1.82, 2.24) is 5.32 Å². The van der Waals surface area contributed by atoms with Crippen molar-refractivity contribution in [3.8, 4) is 0 Å². The lowest BCUT2D eigenvalue weighted by atomic mass is 10.0. The molecule has 0 saturated carbocycles. The Labute approximate surface area is 100 Å². The summed E-state index contributed by atoms with van der Waals surface area (Å²) in [6.45, 7) is 5.56. The third kappa shape index (κ3) is 1.59. The van der Waals surface area contributed by atoms with E-state index in [1.54, 1.807) is 6.08 Å². The van der Waals surface area contributed by atoms with Crippen LogP contribution in [0.3, 0.4) is 0 Å². The van der Waals surface area contributed by atoms with Crippen LogP contribution in [-0.2, 0) is 13.0 Å². The smallest absolute Gasteiger partial charge is 0.135 e. The molecular weight excluding hydrogens is 212 g/mol. The van der Waals surface area contributed by atoms with Gasteiger partial charge in [-0.25, -0.2) is 0 Å². The Kier molecular flexibility index (Phi) is 2.50. The molecule has 0 bridgehead atoms. The predicted molar refractivity (Wildman–Crippen MR) is 68.8 cm³/mol. The number of hydrogen-bond acceptors (Lipinski definition) is 3. The van der Waals surface area contributed by atoms with Crippen molar-refractivity contribution in [1.29, 1.82) is 0 Å². The van der Waals surface area contributed by atoms with Crippen molar-refractivity contribution in [2.24, 2.45) is 5.73 Å². The third-order valence-electron chi connectivity index (χ3n) is 3.36. The lowest BCUT2D eigenvalue weighted by Gasteiger charge is -2.06. The van der Waals surface area contributed by atoms with Gasteiger partial charge in [0, 0.05) is 17.5 Å². The summed E-state index contributed by atoms with van der Waals surface area (Å²) in [6.07, 6.45) is 2.76. The normalized spacial score (nSPS) is 16.8. The number of nitrogens with one attached hydrogen (secondary N) is 1. The van der Waals surface area contributed by atoms with Crippen LogP contribution in [0, 0.1) is 0 Å². The highest BCUT2D eigenvalue weighted by Gasteiger charge is 2.21. The monoisotopic (exact) mass is 228 g/mol. The average molecular weight is 228 g/mol. The Bertz CT molecular complexity index is 571. The van der Waals surface area contributed by atoms with Crippen LogP contribution >= 0.6 is 0 Å². The molecule has 0 amide bonds. The third-order valence-corrected chi connectivity index (χ3v) is 3.36. The second-order valence-corrected chi connectivity index (χ2v) is 4.42. The lowest BCUT2D eigenvalue weighted by Crippen LogP contribution is -2.16. The minimum absolute atomic E-state index is 0.231. The number of furan rings is 1. The number of hydrogen-bond donors (Lipinski definition) is 2. The SMILES string of the molecule is C=CC(N)c1oc2cccc3c2c1CNCC3. The molecule has 0 fully saturated rings. The first-order valence-corrected chi connectivity index (χ1v) is 5.93. The van der Waals surface area contributed by atoms with E-state index in [4.69, 9.17) is 10.2 Å². The fourth-order valence-corrected chi connectivity index (χ4v) is 2.50. The molecule has 3 rings (SSSR count). The van der Waals surface area contributed by atoms with Gasteiger partial charge in [0.2, 0.25) is 0 Å². The molecular formula is C14H16N2O. The first-order valence-electron chi connectivity index (χ1n) is 5.93. The van der Waals surface area contributed by atoms with Gasteiger partial charge >= 0.3 is 0 Å². The topological polar surface area (TPSA) is 51.2 Å². The zero-order valence-electron chi connectivity index (χ0n) is 9.70. The first-order chi connectivity index (χ1) is 8.31. The Hall–Kier alpha value is -1.58. The molecule has 3 N–H and O–H groups in total. The van der Waals surface area contributed by atoms with Crippen molar-refractivity contribution in [2.45, 2.75) is 19.0 Å². The van der Waals surface area contributed by atoms with Gasteiger partial charge in [0.25, 0.3) is 0 Å². The second-order valence-electron chi connectivity index (χ2n) is 4.42. The maximum Gasteiger partial charge on any atom is 0.135 e. The molecule has 1 atom stereocenters. The molecule has 88 valence electrons. The summed E-state index contributed by atoms with van der Waals surface area (Å²) in [4.78, 5) is 0. The van der Waals surface area contributed by atoms with E-state index in [2.05, 4.69) is 18.0 Å². The Morgan fingerprint density at radius 1 is 1.47 bits per heavy atom. The fourth-order valence-electron chi connectivity index (χ4n) is 2.50. The van der Waals surface area contributed by atoms with E-state index in [9.17, 15) is 0 Å². The molecule has 0 spiro atoms. The van der Waals surface area contributed by atoms with Crippen LogP contribution in [0.2, 0.25) is 0 Å². The molecule has 17 heavy (non-hydrogen) atoms. The highest BCUT2D eigenvalue weighted by Crippen LogP contribution is 2.33. The molecule has 1 aliphatic rings. The van der Waals surface area contributed by atoms with Gasteiger partial charge in [-0.2, -0.15) is 0 Å². The number of rotatable bonds is 2. The number of benzene rings is 1. The van der Waals surface area contributed by atoms with E-state index in [-0.39, 0.29) is 6.04 Å². The maximum atomic E-state index is 6.02. The molecule has 2 heterocycles. The summed E-state index contributed by atoms with van der Waals surface area (Å²) in [6, 6.07) is 5.98. The fraction of sp³-hybridized carbons (Fsp3) is 0.286. The van der Waals surface area contributed by atoms with Crippen LogP contribution in [0.4, 0.5) is 0 Å². The highest BCUT2D eigenvalue weighted by molar-refractivity contribution is 5.86. The van der Waals surface area contributed by atoms with E-state index in [0.29, 0.717) is 0 Å². The lowest BCUT2D eigenvalue weighted by molar-refractivity contribution is 0.518. The minimum atomic E-state index is -0.231. The van der Waals surface area contributed by atoms with Gasteiger partial charge in [-0.15, -0.1) is 6.58 Å². The van der Waals surface area contributed by atoms with Gasteiger partial charge in [-0.05, 0) is 24.6 Å². The summed E-state index contributed by atoms with van der Waals surface area (Å²) >= 11 is 0. The molecule has 1 aromatic heterocycles. The van der Waals surface area contributed by atoms with E-state index in [1.807, 2.05) is 12.1 Å². The first kappa shape index (κ1) is 10.6. The molecule has 1 aliphatic heterocycles. The summed E-state index contributed by atoms with van der Waals surface area (Å²) < 4.78 is 5.88. The molecule has 3 heteroatoms. The minimum Gasteiger partial charge on any atom is -0.459 e. The summed E-state index contributed by atoms with van der Waals surface area (Å²) in [5.74, 6) is 0.844. The van der Waals surface area contributed by atoms with Crippen molar-refractivity contribution in [3.63, 3.8) is 0 Å². The Morgan fingerprint density at radius 3 is 3.18 bits per heavy atom. The second kappa shape index (κ2) is 4.02. The Morgan fingerprint density at radius 2 is 2.35 bits per heavy atom. The zero-order valence-corrected chi connectivity index (χ0v) is 9.70. The molecule has 2 aromatic rings. The standard InChI is InChI=1S/C14H16N2O/c1-2-11(15)14-10-8-16-7-6-9-4-3-5-12(17-14)13(9)10/h2-5,11,16H,1,6-8,15H2. The van der Waals surface area contributed by atoms with Crippen LogP contribution in [-0.4, -0.2) is 6.54 Å². The van der Waals surface area contributed by atoms with Gasteiger partial charge in [-0.1, -0.05) is 18.2 Å². The summed E-state index contributed by atoms with van der Waals surface area (Å²) in [5, 5.41) is 4.65. The molecule has 0 aliphatic carbocycles. The molecule has 0 saturated heterocycles. The van der Waals surface area contributed by atoms with E-state index >= 15 is 0 Å². The van der Waals surface area contributed by atoms with E-state index in [1.165, 1.54) is 16.5 Å².